The number of imidazole rings is 5. The summed E-state index contributed by atoms with van der Waals surface area (Å²) in [4.78, 5) is 91.4. The number of nitrogens with zero attached hydrogens (tertiary/aromatic N) is 23. The first-order chi connectivity index (χ1) is 66.9. The number of ether oxygens (including phenoxy) is 6. The Morgan fingerprint density at radius 3 is 1.06 bits per heavy atom. The Hall–Kier alpha value is -14.0. The van der Waals surface area contributed by atoms with Gasteiger partial charge < -0.3 is 97.6 Å². The standard InChI is InChI=1S/C24H25N5O3S.2C20H25N5O2.C19H17N5O2S.C16H17N5O2/c30-17-6-3-5-16(15-17)20-21-23(27-24(26-20)28-9-12-31-13-10-28)29(19-8-1-2-11-32-19)22(25-21)18-7-4-14-33-18;2*1-4-13(2)25-14(3)21-18-17(15-6-5-7-16(26)12-15)22-20(23-19(18)25)24-8-10-27-11-9-24;25-13-4-1-3-12(11-13)15-16-18(22-17(20-16)14-5-2-10-27-14)23-19(21-15)24-6-8-26-9-7-24;1-10-17-14-13(11-3-2-4-12(22)9-11)19-16(20-15(14)18-10)21-5-7-23-8-6-21/h3-7,14-15,19,30H,1-2,8-13H2;2*5-7,12-13,26H,4,8-11H2,1-3H3;1-5,10-11,25H,6-9H2,(H,20,21,22,23);2-4,9,22H,5-8H2,1H3,(H,17,18,19,20). The summed E-state index contributed by atoms with van der Waals surface area (Å²) in [7, 11) is 0. The number of fused-ring (bicyclic) bond motifs is 5. The lowest BCUT2D eigenvalue weighted by atomic mass is 10.1. The molecule has 0 spiro atoms. The van der Waals surface area contributed by atoms with E-state index in [9.17, 15) is 25.5 Å². The first-order valence-electron chi connectivity index (χ1n) is 46.6. The van der Waals surface area contributed by atoms with E-state index >= 15 is 0 Å². The molecule has 6 aliphatic heterocycles. The predicted molar refractivity (Wildman–Crippen MR) is 530 cm³/mol. The summed E-state index contributed by atoms with van der Waals surface area (Å²) >= 11 is 3.27. The third-order valence-corrected chi connectivity index (χ3v) is 26.5. The van der Waals surface area contributed by atoms with Crippen LogP contribution in [0.2, 0.25) is 0 Å². The number of thiophene rings is 2. The van der Waals surface area contributed by atoms with Crippen molar-refractivity contribution in [3.63, 3.8) is 0 Å². The molecular weight excluding hydrogens is 1780 g/mol. The van der Waals surface area contributed by atoms with Gasteiger partial charge in [0.15, 0.2) is 39.9 Å². The van der Waals surface area contributed by atoms with Crippen LogP contribution in [0.3, 0.4) is 0 Å². The molecule has 0 bridgehead atoms. The number of aromatic amines is 2. The number of nitrogens with one attached hydrogen (secondary N) is 2. The molecule has 3 unspecified atom stereocenters. The molecule has 708 valence electrons. The quantitative estimate of drug-likeness (QED) is 0.0445. The van der Waals surface area contributed by atoms with Gasteiger partial charge in [-0.1, -0.05) is 86.6 Å². The lowest BCUT2D eigenvalue weighted by molar-refractivity contribution is -0.0287. The molecule has 12 aromatic heterocycles. The number of hydrogen-bond acceptors (Lipinski definition) is 33. The minimum absolute atomic E-state index is 0.120. The first kappa shape index (κ1) is 92.1. The number of aromatic nitrogens is 20. The van der Waals surface area contributed by atoms with E-state index in [2.05, 4.69) is 97.3 Å². The van der Waals surface area contributed by atoms with E-state index in [4.69, 9.17) is 93.2 Å². The van der Waals surface area contributed by atoms with Gasteiger partial charge in [0.05, 0.1) is 75.8 Å². The highest BCUT2D eigenvalue weighted by Gasteiger charge is 2.32. The number of rotatable bonds is 17. The fourth-order valence-electron chi connectivity index (χ4n) is 17.5. The Morgan fingerprint density at radius 2 is 0.701 bits per heavy atom. The average Bonchev–Trinajstić information content (AvgIpc) is 1.61. The smallest absolute Gasteiger partial charge is 0.228 e. The third-order valence-electron chi connectivity index (χ3n) is 24.8. The number of morpholine rings is 5. The molecule has 6 aliphatic rings. The molecule has 5 aromatic carbocycles. The summed E-state index contributed by atoms with van der Waals surface area (Å²) in [6, 6.07) is 44.3. The molecule has 0 saturated carbocycles. The fraction of sp³-hybridized carbons (Fsp3) is 0.364. The van der Waals surface area contributed by atoms with Gasteiger partial charge in [-0.15, -0.1) is 22.7 Å². The van der Waals surface area contributed by atoms with Gasteiger partial charge >= 0.3 is 0 Å². The molecular formula is C99H109N25O11S2. The van der Waals surface area contributed by atoms with Gasteiger partial charge in [0.25, 0.3) is 0 Å². The molecule has 0 radical (unpaired) electrons. The number of anilines is 5. The molecule has 18 heterocycles. The van der Waals surface area contributed by atoms with Crippen LogP contribution in [0.1, 0.15) is 95.6 Å². The predicted octanol–water partition coefficient (Wildman–Crippen LogP) is 16.3. The zero-order chi connectivity index (χ0) is 94.2. The molecule has 7 N–H and O–H groups in total. The highest BCUT2D eigenvalue weighted by Crippen LogP contribution is 2.42. The van der Waals surface area contributed by atoms with Crippen LogP contribution >= 0.6 is 22.7 Å². The van der Waals surface area contributed by atoms with Crippen LogP contribution in [0.15, 0.2) is 156 Å². The summed E-state index contributed by atoms with van der Waals surface area (Å²) in [5.74, 6) is 8.59. The van der Waals surface area contributed by atoms with E-state index < -0.39 is 0 Å². The van der Waals surface area contributed by atoms with Gasteiger partial charge in [-0.25, -0.2) is 49.8 Å². The summed E-state index contributed by atoms with van der Waals surface area (Å²) in [5.41, 5.74) is 15.3. The van der Waals surface area contributed by atoms with Crippen molar-refractivity contribution in [1.29, 1.82) is 0 Å². The largest absolute Gasteiger partial charge is 0.508 e. The minimum atomic E-state index is -0.120. The number of phenolic OH excluding ortho intramolecular Hbond substituents is 5. The van der Waals surface area contributed by atoms with E-state index in [0.717, 1.165) is 238 Å². The van der Waals surface area contributed by atoms with Gasteiger partial charge in [0.1, 0.15) is 109 Å². The maximum Gasteiger partial charge on any atom is 0.228 e. The van der Waals surface area contributed by atoms with E-state index in [0.29, 0.717) is 125 Å². The van der Waals surface area contributed by atoms with Crippen molar-refractivity contribution in [2.75, 3.05) is 163 Å². The Kier molecular flexibility index (Phi) is 28.0. The molecule has 6 fully saturated rings. The molecule has 17 aromatic rings. The SMILES string of the molecule is CCC(C)n1c(C)nc2c(-c3cccc(O)c3)nc(N3CCOCC3)nc21.CCC(C)n1c(C)nc2c(-c3cccc(O)c3)nc(N3CCOCC3)nc21.Cc1nc2nc(N3CCOCC3)nc(-c3cccc(O)c3)c2[nH]1.Oc1cccc(-c2nc(N3CCOCC3)nc3c2nc(-c2cccs2)n3C2CCCCO2)c1.Oc1cccc(-c2nc(N3CCOCC3)nc3nc(-c4cccs4)[nH]c23)c1. The Morgan fingerprint density at radius 1 is 0.358 bits per heavy atom. The summed E-state index contributed by atoms with van der Waals surface area (Å²) in [6.45, 7) is 29.5. The normalized spacial score (nSPS) is 16.4. The lowest BCUT2D eigenvalue weighted by Gasteiger charge is -2.28. The second-order valence-electron chi connectivity index (χ2n) is 34.1. The topological polar surface area (TPSA) is 412 Å². The van der Waals surface area contributed by atoms with Gasteiger partial charge in [-0.2, -0.15) is 24.9 Å². The summed E-state index contributed by atoms with van der Waals surface area (Å²) in [6.07, 6.45) is 4.96. The second kappa shape index (κ2) is 41.7. The molecule has 0 aliphatic carbocycles. The minimum Gasteiger partial charge on any atom is -0.508 e. The summed E-state index contributed by atoms with van der Waals surface area (Å²) in [5, 5.41) is 53.8. The van der Waals surface area contributed by atoms with Gasteiger partial charge in [0, 0.05) is 112 Å². The van der Waals surface area contributed by atoms with Crippen LogP contribution < -0.4 is 24.5 Å². The van der Waals surface area contributed by atoms with E-state index in [1.54, 1.807) is 89.4 Å². The maximum atomic E-state index is 10.2. The highest BCUT2D eigenvalue weighted by molar-refractivity contribution is 7.13. The van der Waals surface area contributed by atoms with Gasteiger partial charge in [0.2, 0.25) is 29.7 Å². The molecule has 6 saturated heterocycles. The van der Waals surface area contributed by atoms with E-state index in [1.165, 1.54) is 0 Å². The molecule has 3 atom stereocenters. The number of benzene rings is 5. The van der Waals surface area contributed by atoms with Crippen molar-refractivity contribution >= 4 is 108 Å². The molecule has 38 heteroatoms. The molecule has 137 heavy (non-hydrogen) atoms. The Bertz CT molecular complexity index is 6900. The second-order valence-corrected chi connectivity index (χ2v) is 36.0. The third kappa shape index (κ3) is 20.3. The number of hydrogen-bond donors (Lipinski definition) is 7. The average molecular weight is 1890 g/mol. The monoisotopic (exact) mass is 1890 g/mol. The van der Waals surface area contributed by atoms with Crippen molar-refractivity contribution in [3.8, 4) is 106 Å². The Labute approximate surface area is 797 Å². The first-order valence-corrected chi connectivity index (χ1v) is 48.3. The molecule has 0 amide bonds. The van der Waals surface area contributed by atoms with Crippen molar-refractivity contribution in [3.05, 3.63) is 174 Å². The molecule has 36 nitrogen and oxygen atoms in total. The van der Waals surface area contributed by atoms with Crippen LogP contribution in [0.25, 0.3) is 134 Å². The lowest BCUT2D eigenvalue weighted by Crippen LogP contribution is -2.37. The van der Waals surface area contributed by atoms with Crippen LogP contribution in [-0.4, -0.2) is 262 Å². The fourth-order valence-corrected chi connectivity index (χ4v) is 18.9. The van der Waals surface area contributed by atoms with Crippen molar-refractivity contribution in [2.24, 2.45) is 0 Å². The zero-order valence-corrected chi connectivity index (χ0v) is 79.0. The highest BCUT2D eigenvalue weighted by atomic mass is 32.1. The maximum absolute atomic E-state index is 10.2. The zero-order valence-electron chi connectivity index (χ0n) is 77.4. The number of phenols is 5. The van der Waals surface area contributed by atoms with E-state index in [-0.39, 0.29) is 35.0 Å². The van der Waals surface area contributed by atoms with Crippen molar-refractivity contribution < 1.29 is 54.0 Å². The van der Waals surface area contributed by atoms with Gasteiger partial charge in [-0.3, -0.25) is 4.57 Å². The van der Waals surface area contributed by atoms with Crippen LogP contribution in [-0.2, 0) is 28.4 Å². The van der Waals surface area contributed by atoms with Crippen LogP contribution in [0.5, 0.6) is 28.7 Å². The van der Waals surface area contributed by atoms with Crippen molar-refractivity contribution in [1.82, 2.24) is 98.4 Å². The summed E-state index contributed by atoms with van der Waals surface area (Å²) < 4.78 is 40.1. The van der Waals surface area contributed by atoms with Gasteiger partial charge in [-0.05, 0) is 150 Å². The number of H-pyrrole nitrogens is 2. The number of aromatic hydroxyl groups is 5. The number of aryl methyl sites for hydroxylation is 3. The Balaban J connectivity index is 0.000000110. The molecule has 23 rings (SSSR count). The van der Waals surface area contributed by atoms with Crippen LogP contribution in [0.4, 0.5) is 29.7 Å². The van der Waals surface area contributed by atoms with E-state index in [1.807, 2.05) is 98.9 Å². The van der Waals surface area contributed by atoms with Crippen LogP contribution in [0, 0.1) is 20.8 Å². The van der Waals surface area contributed by atoms with Crippen molar-refractivity contribution in [2.45, 2.75) is 98.9 Å².